The maximum atomic E-state index is 11.9. The highest BCUT2D eigenvalue weighted by Gasteiger charge is 2.07. The topological polar surface area (TPSA) is 73.1 Å². The average Bonchev–Trinajstić information content (AvgIpc) is 2.48. The van der Waals surface area contributed by atoms with Crippen LogP contribution in [0.4, 0.5) is 5.69 Å². The molecule has 0 radical (unpaired) electrons. The van der Waals surface area contributed by atoms with Gasteiger partial charge in [-0.25, -0.2) is 0 Å². The van der Waals surface area contributed by atoms with E-state index in [1.54, 1.807) is 24.3 Å². The summed E-state index contributed by atoms with van der Waals surface area (Å²) in [6.07, 6.45) is 0.906. The third-order valence-corrected chi connectivity index (χ3v) is 3.15. The molecular formula is C17H16N2O2. The van der Waals surface area contributed by atoms with Crippen LogP contribution >= 0.6 is 0 Å². The predicted octanol–water partition coefficient (Wildman–Crippen LogP) is 3.14. The second-order valence-corrected chi connectivity index (χ2v) is 4.88. The van der Waals surface area contributed by atoms with Crippen LogP contribution in [0.1, 0.15) is 23.1 Å². The zero-order valence-electron chi connectivity index (χ0n) is 11.8. The third kappa shape index (κ3) is 4.08. The van der Waals surface area contributed by atoms with Crippen molar-refractivity contribution in [3.8, 4) is 11.8 Å². The van der Waals surface area contributed by atoms with Crippen LogP contribution in [-0.2, 0) is 11.2 Å². The molecule has 2 aromatic rings. The summed E-state index contributed by atoms with van der Waals surface area (Å²) in [6, 6.07) is 14.3. The zero-order valence-corrected chi connectivity index (χ0v) is 11.8. The molecule has 0 bridgehead atoms. The van der Waals surface area contributed by atoms with E-state index in [4.69, 9.17) is 5.26 Å². The highest BCUT2D eigenvalue weighted by molar-refractivity contribution is 5.92. The number of carbonyl (C=O) groups excluding carboxylic acids is 1. The number of amides is 1. The maximum absolute atomic E-state index is 11.9. The summed E-state index contributed by atoms with van der Waals surface area (Å²) in [5.41, 5.74) is 2.96. The van der Waals surface area contributed by atoms with Gasteiger partial charge in [-0.15, -0.1) is 0 Å². The van der Waals surface area contributed by atoms with Crippen molar-refractivity contribution in [2.24, 2.45) is 0 Å². The Balaban J connectivity index is 1.91. The molecule has 0 spiro atoms. The van der Waals surface area contributed by atoms with Crippen molar-refractivity contribution < 1.29 is 9.90 Å². The first-order valence-electron chi connectivity index (χ1n) is 6.67. The summed E-state index contributed by atoms with van der Waals surface area (Å²) in [6.45, 7) is 1.87. The van der Waals surface area contributed by atoms with Gasteiger partial charge in [0.2, 0.25) is 5.91 Å². The average molecular weight is 280 g/mol. The lowest BCUT2D eigenvalue weighted by Crippen LogP contribution is -2.12. The molecule has 106 valence electrons. The number of rotatable bonds is 4. The van der Waals surface area contributed by atoms with Crippen LogP contribution in [-0.4, -0.2) is 11.0 Å². The Bertz CT molecular complexity index is 685. The number of anilines is 1. The lowest BCUT2D eigenvalue weighted by atomic mass is 10.1. The van der Waals surface area contributed by atoms with Crippen molar-refractivity contribution in [2.45, 2.75) is 19.8 Å². The summed E-state index contributed by atoms with van der Waals surface area (Å²) in [5, 5.41) is 21.1. The number of phenols is 1. The van der Waals surface area contributed by atoms with E-state index in [2.05, 4.69) is 11.4 Å². The van der Waals surface area contributed by atoms with Gasteiger partial charge in [0, 0.05) is 6.42 Å². The molecule has 4 nitrogen and oxygen atoms in total. The lowest BCUT2D eigenvalue weighted by Gasteiger charge is -2.08. The minimum atomic E-state index is -0.154. The van der Waals surface area contributed by atoms with Gasteiger partial charge in [0.05, 0.1) is 17.3 Å². The first kappa shape index (κ1) is 14.6. The normalized spacial score (nSPS) is 9.90. The molecule has 0 unspecified atom stereocenters. The Labute approximate surface area is 123 Å². The number of nitrogens with one attached hydrogen (secondary N) is 1. The van der Waals surface area contributed by atoms with Crippen molar-refractivity contribution in [3.05, 3.63) is 59.2 Å². The second-order valence-electron chi connectivity index (χ2n) is 4.88. The molecule has 0 aromatic heterocycles. The summed E-state index contributed by atoms with van der Waals surface area (Å²) in [5.74, 6) is -0.0831. The van der Waals surface area contributed by atoms with E-state index in [1.807, 2.05) is 25.1 Å². The van der Waals surface area contributed by atoms with E-state index in [-0.39, 0.29) is 11.7 Å². The van der Waals surface area contributed by atoms with E-state index in [0.717, 1.165) is 11.1 Å². The van der Waals surface area contributed by atoms with Gasteiger partial charge in [-0.2, -0.15) is 5.26 Å². The number of nitrogens with zero attached hydrogens (tertiary/aromatic N) is 1. The van der Waals surface area contributed by atoms with Crippen LogP contribution in [0.15, 0.2) is 42.5 Å². The monoisotopic (exact) mass is 280 g/mol. The molecule has 0 aliphatic carbocycles. The fourth-order valence-electron chi connectivity index (χ4n) is 1.96. The van der Waals surface area contributed by atoms with Crippen molar-refractivity contribution in [1.82, 2.24) is 0 Å². The SMILES string of the molecule is Cc1ccc(NC(=O)CCc2ccc(C#N)cc2)c(O)c1. The number of aromatic hydroxyl groups is 1. The number of hydrogen-bond donors (Lipinski definition) is 2. The van der Waals surface area contributed by atoms with E-state index in [1.165, 1.54) is 0 Å². The van der Waals surface area contributed by atoms with Crippen molar-refractivity contribution in [3.63, 3.8) is 0 Å². The number of benzene rings is 2. The molecule has 4 heteroatoms. The zero-order chi connectivity index (χ0) is 15.2. The van der Waals surface area contributed by atoms with Gasteiger partial charge in [0.1, 0.15) is 5.75 Å². The van der Waals surface area contributed by atoms with Crippen LogP contribution in [0, 0.1) is 18.3 Å². The molecule has 0 heterocycles. The quantitative estimate of drug-likeness (QED) is 0.845. The molecule has 1 amide bonds. The lowest BCUT2D eigenvalue weighted by molar-refractivity contribution is -0.116. The summed E-state index contributed by atoms with van der Waals surface area (Å²) >= 11 is 0. The highest BCUT2D eigenvalue weighted by Crippen LogP contribution is 2.24. The van der Waals surface area contributed by atoms with Crippen molar-refractivity contribution >= 4 is 11.6 Å². The third-order valence-electron chi connectivity index (χ3n) is 3.15. The minimum absolute atomic E-state index is 0.0710. The van der Waals surface area contributed by atoms with Crippen LogP contribution in [0.2, 0.25) is 0 Å². The van der Waals surface area contributed by atoms with Crippen LogP contribution in [0.25, 0.3) is 0 Å². The molecule has 0 saturated heterocycles. The van der Waals surface area contributed by atoms with Gasteiger partial charge in [-0.05, 0) is 48.7 Å². The molecule has 2 N–H and O–H groups in total. The molecule has 21 heavy (non-hydrogen) atoms. The Hall–Kier alpha value is -2.80. The van der Waals surface area contributed by atoms with Gasteiger partial charge in [-0.3, -0.25) is 4.79 Å². The molecule has 0 atom stereocenters. The Morgan fingerprint density at radius 1 is 1.24 bits per heavy atom. The second kappa shape index (κ2) is 6.58. The van der Waals surface area contributed by atoms with Crippen LogP contribution in [0.5, 0.6) is 5.75 Å². The van der Waals surface area contributed by atoms with E-state index >= 15 is 0 Å². The number of hydrogen-bond acceptors (Lipinski definition) is 3. The van der Waals surface area contributed by atoms with Crippen LogP contribution in [0.3, 0.4) is 0 Å². The van der Waals surface area contributed by atoms with Crippen LogP contribution < -0.4 is 5.32 Å². The highest BCUT2D eigenvalue weighted by atomic mass is 16.3. The Morgan fingerprint density at radius 3 is 2.57 bits per heavy atom. The van der Waals surface area contributed by atoms with Gasteiger partial charge >= 0.3 is 0 Å². The molecule has 0 aliphatic heterocycles. The first-order valence-corrected chi connectivity index (χ1v) is 6.67. The predicted molar refractivity (Wildman–Crippen MR) is 81.0 cm³/mol. The molecule has 0 aliphatic rings. The van der Waals surface area contributed by atoms with Crippen molar-refractivity contribution in [1.29, 1.82) is 5.26 Å². The maximum Gasteiger partial charge on any atom is 0.224 e. The van der Waals surface area contributed by atoms with E-state index in [0.29, 0.717) is 24.1 Å². The first-order chi connectivity index (χ1) is 10.1. The fraction of sp³-hybridized carbons (Fsp3) is 0.176. The minimum Gasteiger partial charge on any atom is -0.506 e. The van der Waals surface area contributed by atoms with Gasteiger partial charge in [-0.1, -0.05) is 18.2 Å². The number of carbonyl (C=O) groups is 1. The molecule has 2 aromatic carbocycles. The standard InChI is InChI=1S/C17H16N2O2/c1-12-2-8-15(16(20)10-12)19-17(21)9-7-13-3-5-14(11-18)6-4-13/h2-6,8,10,20H,7,9H2,1H3,(H,19,21). The van der Waals surface area contributed by atoms with E-state index < -0.39 is 0 Å². The summed E-state index contributed by atoms with van der Waals surface area (Å²) in [4.78, 5) is 11.9. The number of aryl methyl sites for hydroxylation is 2. The molecular weight excluding hydrogens is 264 g/mol. The Morgan fingerprint density at radius 2 is 1.95 bits per heavy atom. The smallest absolute Gasteiger partial charge is 0.224 e. The van der Waals surface area contributed by atoms with Gasteiger partial charge in [0.15, 0.2) is 0 Å². The van der Waals surface area contributed by atoms with Crippen molar-refractivity contribution in [2.75, 3.05) is 5.32 Å². The van der Waals surface area contributed by atoms with Gasteiger partial charge < -0.3 is 10.4 Å². The largest absolute Gasteiger partial charge is 0.506 e. The summed E-state index contributed by atoms with van der Waals surface area (Å²) in [7, 11) is 0. The van der Waals surface area contributed by atoms with E-state index in [9.17, 15) is 9.90 Å². The molecule has 0 saturated carbocycles. The number of phenolic OH excluding ortho intramolecular Hbond substituents is 1. The fourth-order valence-corrected chi connectivity index (χ4v) is 1.96. The summed E-state index contributed by atoms with van der Waals surface area (Å²) < 4.78 is 0. The Kier molecular flexibility index (Phi) is 4.57. The molecule has 0 fully saturated rings. The molecule has 2 rings (SSSR count). The van der Waals surface area contributed by atoms with Gasteiger partial charge in [0.25, 0.3) is 0 Å². The number of nitriles is 1.